The molecule has 0 radical (unpaired) electrons. The van der Waals surface area contributed by atoms with Gasteiger partial charge in [0.05, 0.1) is 11.0 Å². The van der Waals surface area contributed by atoms with Crippen LogP contribution < -0.4 is 5.32 Å². The molecule has 2 aromatic heterocycles. The first-order chi connectivity index (χ1) is 8.27. The fourth-order valence-electron chi connectivity index (χ4n) is 2.05. The third-order valence-electron chi connectivity index (χ3n) is 3.28. The average Bonchev–Trinajstić information content (AvgIpc) is 2.34. The average molecular weight is 230 g/mol. The minimum absolute atomic E-state index is 0.536. The Morgan fingerprint density at radius 3 is 2.94 bits per heavy atom. The van der Waals surface area contributed by atoms with Gasteiger partial charge in [0.25, 0.3) is 0 Å². The molecule has 3 rings (SSSR count). The van der Waals surface area contributed by atoms with Gasteiger partial charge >= 0.3 is 0 Å². The molecule has 0 unspecified atom stereocenters. The van der Waals surface area contributed by atoms with E-state index in [-0.39, 0.29) is 0 Å². The Morgan fingerprint density at radius 2 is 2.18 bits per heavy atom. The molecule has 2 aromatic rings. The smallest absolute Gasteiger partial charge is 0.164 e. The Balaban J connectivity index is 1.85. The van der Waals surface area contributed by atoms with Crippen LogP contribution in [0.25, 0.3) is 11.0 Å². The van der Waals surface area contributed by atoms with Crippen LogP contribution in [0.15, 0.2) is 24.7 Å². The molecule has 0 bridgehead atoms. The zero-order valence-corrected chi connectivity index (χ0v) is 9.43. The van der Waals surface area contributed by atoms with Crippen LogP contribution in [0.1, 0.15) is 19.3 Å². The predicted octanol–water partition coefficient (Wildman–Crippen LogP) is 1.35. The molecule has 0 saturated heterocycles. The van der Waals surface area contributed by atoms with Gasteiger partial charge in [-0.2, -0.15) is 0 Å². The Labute approximate surface area is 98.9 Å². The van der Waals surface area contributed by atoms with Crippen molar-refractivity contribution in [2.75, 3.05) is 11.9 Å². The number of anilines is 1. The second-order valence-corrected chi connectivity index (χ2v) is 4.53. The van der Waals surface area contributed by atoms with E-state index in [1.807, 2.05) is 12.1 Å². The maximum absolute atomic E-state index is 10.0. The number of nitrogens with one attached hydrogen (secondary N) is 1. The van der Waals surface area contributed by atoms with Crippen LogP contribution in [0.4, 0.5) is 5.82 Å². The summed E-state index contributed by atoms with van der Waals surface area (Å²) >= 11 is 0. The van der Waals surface area contributed by atoms with Gasteiger partial charge in [-0.3, -0.25) is 0 Å². The number of fused-ring (bicyclic) bond motifs is 1. The molecule has 88 valence electrons. The van der Waals surface area contributed by atoms with Crippen molar-refractivity contribution >= 4 is 16.9 Å². The van der Waals surface area contributed by atoms with Crippen molar-refractivity contribution < 1.29 is 5.11 Å². The number of nitrogens with zero attached hydrogens (tertiary/aromatic N) is 3. The minimum Gasteiger partial charge on any atom is -0.388 e. The van der Waals surface area contributed by atoms with E-state index in [2.05, 4.69) is 20.3 Å². The summed E-state index contributed by atoms with van der Waals surface area (Å²) in [5, 5.41) is 14.1. The van der Waals surface area contributed by atoms with Crippen molar-refractivity contribution in [3.8, 4) is 0 Å². The van der Waals surface area contributed by atoms with E-state index in [1.54, 1.807) is 6.20 Å². The molecule has 0 aromatic carbocycles. The van der Waals surface area contributed by atoms with E-state index in [0.29, 0.717) is 12.2 Å². The van der Waals surface area contributed by atoms with Crippen LogP contribution in [-0.2, 0) is 0 Å². The van der Waals surface area contributed by atoms with Crippen molar-refractivity contribution in [2.45, 2.75) is 24.9 Å². The van der Waals surface area contributed by atoms with Crippen molar-refractivity contribution in [2.24, 2.45) is 0 Å². The van der Waals surface area contributed by atoms with Gasteiger partial charge < -0.3 is 10.4 Å². The van der Waals surface area contributed by atoms with Gasteiger partial charge in [0, 0.05) is 12.7 Å². The van der Waals surface area contributed by atoms with Crippen LogP contribution in [0, 0.1) is 0 Å². The first kappa shape index (κ1) is 10.4. The van der Waals surface area contributed by atoms with Crippen molar-refractivity contribution in [1.82, 2.24) is 15.0 Å². The highest BCUT2D eigenvalue weighted by atomic mass is 16.3. The number of pyridine rings is 1. The summed E-state index contributed by atoms with van der Waals surface area (Å²) in [6.45, 7) is 0.536. The molecule has 5 nitrogen and oxygen atoms in total. The summed E-state index contributed by atoms with van der Waals surface area (Å²) in [6.07, 6.45) is 6.02. The SMILES string of the molecule is OC1(CNc2ncnc3ncccc23)CCC1. The number of aliphatic hydroxyl groups is 1. The monoisotopic (exact) mass is 230 g/mol. The second-order valence-electron chi connectivity index (χ2n) is 4.53. The molecule has 1 saturated carbocycles. The van der Waals surface area contributed by atoms with Crippen LogP contribution in [-0.4, -0.2) is 32.2 Å². The van der Waals surface area contributed by atoms with Gasteiger partial charge in [-0.25, -0.2) is 15.0 Å². The summed E-state index contributed by atoms with van der Waals surface area (Å²) in [5.74, 6) is 0.739. The molecule has 17 heavy (non-hydrogen) atoms. The Morgan fingerprint density at radius 1 is 1.29 bits per heavy atom. The first-order valence-corrected chi connectivity index (χ1v) is 5.79. The molecule has 0 spiro atoms. The Hall–Kier alpha value is -1.75. The predicted molar refractivity (Wildman–Crippen MR) is 64.6 cm³/mol. The van der Waals surface area contributed by atoms with Crippen LogP contribution in [0.2, 0.25) is 0 Å². The third kappa shape index (κ3) is 1.93. The van der Waals surface area contributed by atoms with E-state index < -0.39 is 5.60 Å². The molecule has 1 aliphatic carbocycles. The molecule has 2 heterocycles. The maximum Gasteiger partial charge on any atom is 0.164 e. The number of rotatable bonds is 3. The molecular weight excluding hydrogens is 216 g/mol. The third-order valence-corrected chi connectivity index (χ3v) is 3.28. The minimum atomic E-state index is -0.556. The van der Waals surface area contributed by atoms with Crippen molar-refractivity contribution in [1.29, 1.82) is 0 Å². The summed E-state index contributed by atoms with van der Waals surface area (Å²) in [7, 11) is 0. The lowest BCUT2D eigenvalue weighted by Gasteiger charge is -2.36. The maximum atomic E-state index is 10.0. The van der Waals surface area contributed by atoms with Crippen molar-refractivity contribution in [3.63, 3.8) is 0 Å². The van der Waals surface area contributed by atoms with Crippen LogP contribution in [0.5, 0.6) is 0 Å². The van der Waals surface area contributed by atoms with Gasteiger partial charge in [-0.05, 0) is 31.4 Å². The quantitative estimate of drug-likeness (QED) is 0.832. The van der Waals surface area contributed by atoms with Crippen LogP contribution >= 0.6 is 0 Å². The summed E-state index contributed by atoms with van der Waals surface area (Å²) in [6, 6.07) is 3.78. The standard InChI is InChI=1S/C12H14N4O/c17-12(4-2-5-12)7-14-11-9-3-1-6-13-10(9)15-8-16-11/h1,3,6,8,17H,2,4-5,7H2,(H,13,14,15,16). The summed E-state index contributed by atoms with van der Waals surface area (Å²) in [5.41, 5.74) is 0.116. The number of hydrogen-bond acceptors (Lipinski definition) is 5. The highest BCUT2D eigenvalue weighted by Gasteiger charge is 2.34. The summed E-state index contributed by atoms with van der Waals surface area (Å²) in [4.78, 5) is 12.5. The van der Waals surface area contributed by atoms with E-state index in [0.717, 1.165) is 30.5 Å². The zero-order valence-electron chi connectivity index (χ0n) is 9.43. The first-order valence-electron chi connectivity index (χ1n) is 5.79. The van der Waals surface area contributed by atoms with Gasteiger partial charge in [0.2, 0.25) is 0 Å². The molecule has 1 fully saturated rings. The van der Waals surface area contributed by atoms with Gasteiger partial charge in [0.1, 0.15) is 12.1 Å². The normalized spacial score (nSPS) is 17.7. The highest BCUT2D eigenvalue weighted by Crippen LogP contribution is 2.31. The topological polar surface area (TPSA) is 70.9 Å². The Bertz CT molecular complexity index is 534. The van der Waals surface area contributed by atoms with E-state index in [9.17, 15) is 5.11 Å². The van der Waals surface area contributed by atoms with E-state index in [4.69, 9.17) is 0 Å². The molecule has 5 heteroatoms. The fraction of sp³-hybridized carbons (Fsp3) is 0.417. The molecule has 1 aliphatic rings. The van der Waals surface area contributed by atoms with Gasteiger partial charge in [0.15, 0.2) is 5.65 Å². The molecular formula is C12H14N4O. The van der Waals surface area contributed by atoms with Crippen molar-refractivity contribution in [3.05, 3.63) is 24.7 Å². The zero-order chi connectivity index (χ0) is 11.7. The Kier molecular flexibility index (Phi) is 2.40. The molecule has 2 N–H and O–H groups in total. The number of aromatic nitrogens is 3. The molecule has 0 amide bonds. The largest absolute Gasteiger partial charge is 0.388 e. The van der Waals surface area contributed by atoms with Gasteiger partial charge in [-0.1, -0.05) is 0 Å². The van der Waals surface area contributed by atoms with Gasteiger partial charge in [-0.15, -0.1) is 0 Å². The number of hydrogen-bond donors (Lipinski definition) is 2. The lowest BCUT2D eigenvalue weighted by atomic mass is 9.80. The molecule has 0 atom stereocenters. The van der Waals surface area contributed by atoms with E-state index >= 15 is 0 Å². The van der Waals surface area contributed by atoms with E-state index in [1.165, 1.54) is 6.33 Å². The van der Waals surface area contributed by atoms with Crippen LogP contribution in [0.3, 0.4) is 0 Å². The fourth-order valence-corrected chi connectivity index (χ4v) is 2.05. The lowest BCUT2D eigenvalue weighted by molar-refractivity contribution is -0.0202. The molecule has 0 aliphatic heterocycles. The highest BCUT2D eigenvalue weighted by molar-refractivity contribution is 5.85. The lowest BCUT2D eigenvalue weighted by Crippen LogP contribution is -2.43. The summed E-state index contributed by atoms with van der Waals surface area (Å²) < 4.78 is 0. The second kappa shape index (κ2) is 3.92.